The molecule has 3 rings (SSSR count). The molecule has 0 unspecified atom stereocenters. The average molecular weight is 391 g/mol. The number of ether oxygens (including phenoxy) is 3. The number of hydrogen-bond acceptors (Lipinski definition) is 6. The zero-order valence-electron chi connectivity index (χ0n) is 15.0. The minimum atomic E-state index is -3.66. The highest BCUT2D eigenvalue weighted by Crippen LogP contribution is 2.19. The molecule has 2 aromatic carbocycles. The first kappa shape index (κ1) is 19.3. The van der Waals surface area contributed by atoms with Gasteiger partial charge in [0, 0.05) is 13.1 Å². The zero-order valence-corrected chi connectivity index (χ0v) is 15.8. The Hall–Kier alpha value is -2.42. The summed E-state index contributed by atoms with van der Waals surface area (Å²) < 4.78 is 42.3. The van der Waals surface area contributed by atoms with Crippen molar-refractivity contribution in [1.29, 1.82) is 0 Å². The number of carbonyl (C=O) groups is 1. The fourth-order valence-electron chi connectivity index (χ4n) is 2.67. The Morgan fingerprint density at radius 1 is 1.11 bits per heavy atom. The van der Waals surface area contributed by atoms with Crippen LogP contribution in [-0.4, -0.2) is 52.1 Å². The van der Waals surface area contributed by atoms with E-state index >= 15 is 0 Å². The summed E-state index contributed by atoms with van der Waals surface area (Å²) >= 11 is 0. The summed E-state index contributed by atoms with van der Waals surface area (Å²) in [5, 5.41) is 0. The van der Waals surface area contributed by atoms with Crippen molar-refractivity contribution >= 4 is 16.0 Å². The molecule has 0 saturated carbocycles. The molecule has 0 aliphatic carbocycles. The van der Waals surface area contributed by atoms with E-state index in [1.165, 1.54) is 28.6 Å². The number of sulfonamides is 1. The van der Waals surface area contributed by atoms with Gasteiger partial charge in [-0.05, 0) is 35.9 Å². The lowest BCUT2D eigenvalue weighted by atomic mass is 10.2. The molecular weight excluding hydrogens is 370 g/mol. The van der Waals surface area contributed by atoms with Crippen molar-refractivity contribution in [1.82, 2.24) is 4.31 Å². The van der Waals surface area contributed by atoms with Gasteiger partial charge in [0.2, 0.25) is 10.0 Å². The smallest absolute Gasteiger partial charge is 0.338 e. The number of methoxy groups -OCH3 is 1. The van der Waals surface area contributed by atoms with Gasteiger partial charge in [0.05, 0.1) is 30.8 Å². The van der Waals surface area contributed by atoms with Gasteiger partial charge in [-0.2, -0.15) is 4.31 Å². The van der Waals surface area contributed by atoms with Gasteiger partial charge in [-0.25, -0.2) is 13.2 Å². The van der Waals surface area contributed by atoms with E-state index < -0.39 is 16.0 Å². The molecule has 1 heterocycles. The molecule has 144 valence electrons. The number of carbonyl (C=O) groups excluding carboxylic acids is 1. The lowest BCUT2D eigenvalue weighted by Gasteiger charge is -2.26. The maximum Gasteiger partial charge on any atom is 0.338 e. The van der Waals surface area contributed by atoms with Crippen molar-refractivity contribution in [2.75, 3.05) is 33.4 Å². The number of nitrogens with zero attached hydrogens (tertiary/aromatic N) is 1. The Kier molecular flexibility index (Phi) is 6.10. The van der Waals surface area contributed by atoms with Crippen LogP contribution in [0.2, 0.25) is 0 Å². The van der Waals surface area contributed by atoms with Crippen LogP contribution in [0.4, 0.5) is 0 Å². The molecule has 27 heavy (non-hydrogen) atoms. The van der Waals surface area contributed by atoms with Crippen molar-refractivity contribution in [2.24, 2.45) is 0 Å². The number of esters is 1. The molecule has 0 N–H and O–H groups in total. The maximum absolute atomic E-state index is 12.7. The molecule has 1 aliphatic rings. The fraction of sp³-hybridized carbons (Fsp3) is 0.316. The molecule has 0 atom stereocenters. The Bertz CT molecular complexity index is 889. The third-order valence-corrected chi connectivity index (χ3v) is 6.10. The Labute approximate surface area is 158 Å². The summed E-state index contributed by atoms with van der Waals surface area (Å²) in [6, 6.07) is 13.0. The molecule has 1 fully saturated rings. The van der Waals surface area contributed by atoms with Crippen LogP contribution < -0.4 is 4.74 Å². The standard InChI is InChI=1S/C19H21NO6S/c1-24-17-7-5-15(6-8-17)14-26-19(21)16-3-2-4-18(13-16)27(22,23)20-9-11-25-12-10-20/h2-8,13H,9-12,14H2,1H3. The largest absolute Gasteiger partial charge is 0.497 e. The van der Waals surface area contributed by atoms with Gasteiger partial charge in [0.25, 0.3) is 0 Å². The molecule has 0 amide bonds. The molecule has 7 nitrogen and oxygen atoms in total. The first-order valence-corrected chi connectivity index (χ1v) is 9.93. The Morgan fingerprint density at radius 2 is 1.81 bits per heavy atom. The number of morpholine rings is 1. The van der Waals surface area contributed by atoms with E-state index in [2.05, 4.69) is 0 Å². The maximum atomic E-state index is 12.7. The first-order chi connectivity index (χ1) is 13.0. The van der Waals surface area contributed by atoms with Crippen LogP contribution in [0.5, 0.6) is 5.75 Å². The molecule has 0 radical (unpaired) electrons. The van der Waals surface area contributed by atoms with Crippen LogP contribution in [0.25, 0.3) is 0 Å². The predicted octanol–water partition coefficient (Wildman–Crippen LogP) is 2.07. The van der Waals surface area contributed by atoms with E-state index in [1.54, 1.807) is 31.4 Å². The summed E-state index contributed by atoms with van der Waals surface area (Å²) in [6.07, 6.45) is 0. The third-order valence-electron chi connectivity index (χ3n) is 4.21. The molecular formula is C19H21NO6S. The minimum absolute atomic E-state index is 0.0725. The SMILES string of the molecule is COc1ccc(COC(=O)c2cccc(S(=O)(=O)N3CCOCC3)c2)cc1. The van der Waals surface area contributed by atoms with Crippen molar-refractivity contribution in [2.45, 2.75) is 11.5 Å². The van der Waals surface area contributed by atoms with E-state index in [1.807, 2.05) is 0 Å². The Morgan fingerprint density at radius 3 is 2.48 bits per heavy atom. The highest BCUT2D eigenvalue weighted by Gasteiger charge is 2.27. The normalized spacial score (nSPS) is 15.3. The predicted molar refractivity (Wildman–Crippen MR) is 98.1 cm³/mol. The minimum Gasteiger partial charge on any atom is -0.497 e. The van der Waals surface area contributed by atoms with E-state index in [4.69, 9.17) is 14.2 Å². The van der Waals surface area contributed by atoms with E-state index in [9.17, 15) is 13.2 Å². The van der Waals surface area contributed by atoms with Crippen molar-refractivity contribution in [3.05, 3.63) is 59.7 Å². The molecule has 0 bridgehead atoms. The van der Waals surface area contributed by atoms with E-state index in [0.29, 0.717) is 32.1 Å². The lowest BCUT2D eigenvalue weighted by molar-refractivity contribution is 0.0472. The van der Waals surface area contributed by atoms with Crippen LogP contribution in [-0.2, 0) is 26.1 Å². The van der Waals surface area contributed by atoms with Crippen molar-refractivity contribution < 1.29 is 27.4 Å². The van der Waals surface area contributed by atoms with Gasteiger partial charge >= 0.3 is 5.97 Å². The van der Waals surface area contributed by atoms with Crippen LogP contribution in [0.3, 0.4) is 0 Å². The second kappa shape index (κ2) is 8.51. The van der Waals surface area contributed by atoms with Gasteiger partial charge in [-0.3, -0.25) is 0 Å². The molecule has 2 aromatic rings. The van der Waals surface area contributed by atoms with Crippen LogP contribution in [0, 0.1) is 0 Å². The van der Waals surface area contributed by atoms with Gasteiger partial charge in [-0.15, -0.1) is 0 Å². The van der Waals surface area contributed by atoms with Crippen molar-refractivity contribution in [3.8, 4) is 5.75 Å². The summed E-state index contributed by atoms with van der Waals surface area (Å²) in [7, 11) is -2.08. The fourth-order valence-corrected chi connectivity index (χ4v) is 4.13. The highest BCUT2D eigenvalue weighted by atomic mass is 32.2. The van der Waals surface area contributed by atoms with Crippen LogP contribution >= 0.6 is 0 Å². The third kappa shape index (κ3) is 4.65. The second-order valence-electron chi connectivity index (χ2n) is 5.97. The summed E-state index contributed by atoms with van der Waals surface area (Å²) in [5.74, 6) is 0.135. The molecule has 1 saturated heterocycles. The molecule has 1 aliphatic heterocycles. The summed E-state index contributed by atoms with van der Waals surface area (Å²) in [6.45, 7) is 1.41. The van der Waals surface area contributed by atoms with E-state index in [0.717, 1.165) is 5.56 Å². The van der Waals surface area contributed by atoms with Crippen LogP contribution in [0.1, 0.15) is 15.9 Å². The first-order valence-electron chi connectivity index (χ1n) is 8.49. The average Bonchev–Trinajstić information content (AvgIpc) is 2.73. The zero-order chi connectivity index (χ0) is 19.3. The van der Waals surface area contributed by atoms with Crippen molar-refractivity contribution in [3.63, 3.8) is 0 Å². The quantitative estimate of drug-likeness (QED) is 0.701. The topological polar surface area (TPSA) is 82.1 Å². The van der Waals surface area contributed by atoms with Gasteiger partial charge in [0.1, 0.15) is 12.4 Å². The number of hydrogen-bond donors (Lipinski definition) is 0. The summed E-state index contributed by atoms with van der Waals surface area (Å²) in [5.41, 5.74) is 0.999. The van der Waals surface area contributed by atoms with Gasteiger partial charge in [-0.1, -0.05) is 18.2 Å². The molecule has 0 spiro atoms. The monoisotopic (exact) mass is 391 g/mol. The highest BCUT2D eigenvalue weighted by molar-refractivity contribution is 7.89. The number of benzene rings is 2. The number of rotatable bonds is 6. The Balaban J connectivity index is 1.69. The lowest BCUT2D eigenvalue weighted by Crippen LogP contribution is -2.40. The molecule has 8 heteroatoms. The van der Waals surface area contributed by atoms with E-state index in [-0.39, 0.29) is 17.1 Å². The summed E-state index contributed by atoms with van der Waals surface area (Å²) in [4.78, 5) is 12.4. The van der Waals surface area contributed by atoms with Gasteiger partial charge in [0.15, 0.2) is 0 Å². The van der Waals surface area contributed by atoms with Gasteiger partial charge < -0.3 is 14.2 Å². The second-order valence-corrected chi connectivity index (χ2v) is 7.91. The van der Waals surface area contributed by atoms with Crippen LogP contribution in [0.15, 0.2) is 53.4 Å². The molecule has 0 aromatic heterocycles.